The number of hydrogen-bond donors (Lipinski definition) is 3. The highest BCUT2D eigenvalue weighted by atomic mass is 79.9. The fourth-order valence-corrected chi connectivity index (χ4v) is 3.06. The molecule has 0 spiro atoms. The number of alkyl halides is 3. The van der Waals surface area contributed by atoms with Crippen LogP contribution in [0.1, 0.15) is 11.1 Å². The Balaban J connectivity index is 1.76. The summed E-state index contributed by atoms with van der Waals surface area (Å²) in [4.78, 5) is 37.3. The summed E-state index contributed by atoms with van der Waals surface area (Å²) in [6, 6.07) is 7.88. The van der Waals surface area contributed by atoms with E-state index in [4.69, 9.17) is 0 Å². The molecular formula is C19H13BrF3N3O4. The van der Waals surface area contributed by atoms with Gasteiger partial charge in [0.25, 0.3) is 5.91 Å². The number of amides is 4. The smallest absolute Gasteiger partial charge is 0.418 e. The molecule has 0 unspecified atom stereocenters. The molecule has 7 nitrogen and oxygen atoms in total. The highest BCUT2D eigenvalue weighted by molar-refractivity contribution is 9.10. The zero-order valence-corrected chi connectivity index (χ0v) is 16.5. The van der Waals surface area contributed by atoms with Gasteiger partial charge in [-0.3, -0.25) is 9.59 Å². The Morgan fingerprint density at radius 2 is 1.90 bits per heavy atom. The number of imide groups is 1. The van der Waals surface area contributed by atoms with E-state index in [0.717, 1.165) is 12.1 Å². The molecule has 0 saturated carbocycles. The zero-order chi connectivity index (χ0) is 22.1. The third-order valence-corrected chi connectivity index (χ3v) is 4.55. The highest BCUT2D eigenvalue weighted by Gasteiger charge is 2.36. The molecule has 1 aliphatic heterocycles. The van der Waals surface area contributed by atoms with Crippen LogP contribution >= 0.6 is 15.9 Å². The largest absolute Gasteiger partial charge is 0.507 e. The van der Waals surface area contributed by atoms with E-state index in [1.165, 1.54) is 30.3 Å². The summed E-state index contributed by atoms with van der Waals surface area (Å²) in [7, 11) is 0. The lowest BCUT2D eigenvalue weighted by Crippen LogP contribution is -2.38. The van der Waals surface area contributed by atoms with Gasteiger partial charge in [-0.2, -0.15) is 13.2 Å². The lowest BCUT2D eigenvalue weighted by atomic mass is 10.1. The lowest BCUT2D eigenvalue weighted by molar-refractivity contribution is -0.137. The van der Waals surface area contributed by atoms with Crippen molar-refractivity contribution in [1.29, 1.82) is 0 Å². The van der Waals surface area contributed by atoms with Gasteiger partial charge in [-0.25, -0.2) is 9.69 Å². The predicted molar refractivity (Wildman–Crippen MR) is 104 cm³/mol. The fraction of sp³-hybridized carbons (Fsp3) is 0.105. The summed E-state index contributed by atoms with van der Waals surface area (Å²) >= 11 is 3.21. The van der Waals surface area contributed by atoms with Gasteiger partial charge in [0.2, 0.25) is 5.91 Å². The minimum Gasteiger partial charge on any atom is -0.507 e. The van der Waals surface area contributed by atoms with Gasteiger partial charge in [-0.1, -0.05) is 28.1 Å². The molecule has 1 heterocycles. The second kappa shape index (κ2) is 8.19. The third kappa shape index (κ3) is 4.62. The van der Waals surface area contributed by atoms with Crippen molar-refractivity contribution in [3.05, 3.63) is 63.8 Å². The van der Waals surface area contributed by atoms with Gasteiger partial charge in [0.15, 0.2) is 0 Å². The minimum atomic E-state index is -4.69. The van der Waals surface area contributed by atoms with E-state index in [1.807, 2.05) is 0 Å². The molecule has 156 valence electrons. The Morgan fingerprint density at radius 1 is 1.20 bits per heavy atom. The second-order valence-corrected chi connectivity index (χ2v) is 7.09. The van der Waals surface area contributed by atoms with Crippen LogP contribution < -0.4 is 10.6 Å². The van der Waals surface area contributed by atoms with Crippen molar-refractivity contribution in [3.63, 3.8) is 0 Å². The third-order valence-electron chi connectivity index (χ3n) is 4.06. The van der Waals surface area contributed by atoms with E-state index >= 15 is 0 Å². The Labute approximate surface area is 176 Å². The van der Waals surface area contributed by atoms with Crippen LogP contribution in [0.4, 0.5) is 23.7 Å². The molecule has 2 aromatic carbocycles. The minimum absolute atomic E-state index is 0.146. The van der Waals surface area contributed by atoms with Gasteiger partial charge >= 0.3 is 12.2 Å². The first kappa shape index (κ1) is 21.4. The maximum atomic E-state index is 13.0. The Kier molecular flexibility index (Phi) is 5.83. The first-order chi connectivity index (χ1) is 14.1. The van der Waals surface area contributed by atoms with E-state index in [-0.39, 0.29) is 17.0 Å². The van der Waals surface area contributed by atoms with Crippen molar-refractivity contribution in [3.8, 4) is 5.75 Å². The average Bonchev–Trinajstić information content (AvgIpc) is 2.91. The first-order valence-corrected chi connectivity index (χ1v) is 9.14. The summed E-state index contributed by atoms with van der Waals surface area (Å²) in [5.41, 5.74) is -1.51. The van der Waals surface area contributed by atoms with Crippen LogP contribution in [0.3, 0.4) is 0 Å². The van der Waals surface area contributed by atoms with Crippen LogP contribution in [-0.4, -0.2) is 34.4 Å². The number of anilines is 1. The van der Waals surface area contributed by atoms with E-state index in [9.17, 15) is 32.7 Å². The number of urea groups is 1. The summed E-state index contributed by atoms with van der Waals surface area (Å²) in [6.07, 6.45) is -3.47. The number of hydrogen-bond acceptors (Lipinski definition) is 4. The van der Waals surface area contributed by atoms with E-state index in [2.05, 4.69) is 26.6 Å². The maximum absolute atomic E-state index is 13.0. The molecule has 2 aromatic rings. The maximum Gasteiger partial charge on any atom is 0.418 e. The zero-order valence-electron chi connectivity index (χ0n) is 15.0. The van der Waals surface area contributed by atoms with Crippen molar-refractivity contribution < 1.29 is 32.7 Å². The van der Waals surface area contributed by atoms with Crippen molar-refractivity contribution in [2.75, 3.05) is 11.9 Å². The topological polar surface area (TPSA) is 98.7 Å². The Hall–Kier alpha value is -3.34. The molecule has 0 radical (unpaired) electrons. The van der Waals surface area contributed by atoms with Gasteiger partial charge in [-0.15, -0.1) is 0 Å². The lowest BCUT2D eigenvalue weighted by Gasteiger charge is -2.15. The molecule has 1 fully saturated rings. The van der Waals surface area contributed by atoms with Gasteiger partial charge < -0.3 is 15.7 Å². The molecule has 0 aliphatic carbocycles. The molecule has 0 bridgehead atoms. The second-order valence-electron chi connectivity index (χ2n) is 6.17. The Morgan fingerprint density at radius 3 is 2.60 bits per heavy atom. The number of nitrogens with one attached hydrogen (secondary N) is 2. The summed E-state index contributed by atoms with van der Waals surface area (Å²) in [5.74, 6) is -1.99. The average molecular weight is 484 g/mol. The van der Waals surface area contributed by atoms with Crippen LogP contribution in [-0.2, 0) is 15.8 Å². The van der Waals surface area contributed by atoms with Crippen LogP contribution in [0.2, 0.25) is 0 Å². The van der Waals surface area contributed by atoms with E-state index < -0.39 is 41.8 Å². The number of phenols is 1. The van der Waals surface area contributed by atoms with Gasteiger partial charge in [-0.05, 0) is 36.4 Å². The fourth-order valence-electron chi connectivity index (χ4n) is 2.68. The van der Waals surface area contributed by atoms with E-state index in [0.29, 0.717) is 9.37 Å². The number of phenolic OH excluding ortho intramolecular Hbond substituents is 1. The molecule has 3 N–H and O–H groups in total. The number of carbonyl (C=O) groups is 3. The number of rotatable bonds is 4. The van der Waals surface area contributed by atoms with Gasteiger partial charge in [0.05, 0.1) is 11.3 Å². The molecule has 4 amide bonds. The van der Waals surface area contributed by atoms with Crippen LogP contribution in [0, 0.1) is 0 Å². The highest BCUT2D eigenvalue weighted by Crippen LogP contribution is 2.34. The normalized spacial score (nSPS) is 15.5. The van der Waals surface area contributed by atoms with Crippen LogP contribution in [0.25, 0.3) is 6.08 Å². The number of aromatic hydroxyl groups is 1. The number of nitrogens with zero attached hydrogens (tertiary/aromatic N) is 1. The Bertz CT molecular complexity index is 1070. The predicted octanol–water partition coefficient (Wildman–Crippen LogP) is 3.70. The van der Waals surface area contributed by atoms with Crippen LogP contribution in [0.15, 0.2) is 52.6 Å². The molecule has 11 heteroatoms. The van der Waals surface area contributed by atoms with Gasteiger partial charge in [0.1, 0.15) is 18.0 Å². The van der Waals surface area contributed by atoms with Crippen molar-refractivity contribution in [2.45, 2.75) is 6.18 Å². The quantitative estimate of drug-likeness (QED) is 0.456. The van der Waals surface area contributed by atoms with Crippen molar-refractivity contribution >= 4 is 45.5 Å². The molecule has 30 heavy (non-hydrogen) atoms. The molecular weight excluding hydrogens is 471 g/mol. The number of carbonyl (C=O) groups excluding carboxylic acids is 3. The number of benzene rings is 2. The molecule has 0 atom stereocenters. The first-order valence-electron chi connectivity index (χ1n) is 8.35. The molecule has 1 saturated heterocycles. The monoisotopic (exact) mass is 483 g/mol. The molecule has 3 rings (SSSR count). The molecule has 1 aliphatic rings. The number of para-hydroxylation sites is 1. The molecule has 0 aromatic heterocycles. The van der Waals surface area contributed by atoms with Gasteiger partial charge in [0, 0.05) is 10.0 Å². The summed E-state index contributed by atoms with van der Waals surface area (Å²) in [6.45, 7) is -0.793. The van der Waals surface area contributed by atoms with E-state index in [1.54, 1.807) is 6.07 Å². The summed E-state index contributed by atoms with van der Waals surface area (Å²) in [5, 5.41) is 14.2. The standard InChI is InChI=1S/C19H13BrF3N3O4/c20-11-5-6-15(27)10(7-11)8-14-17(29)26(18(30)25-14)9-16(28)24-13-4-2-1-3-12(13)19(21,22)23/h1-8,27H,9H2,(H,24,28)(H,25,30)/b14-8-. The number of halogens is 4. The van der Waals surface area contributed by atoms with Crippen molar-refractivity contribution in [1.82, 2.24) is 10.2 Å². The summed E-state index contributed by atoms with van der Waals surface area (Å²) < 4.78 is 39.7. The van der Waals surface area contributed by atoms with Crippen molar-refractivity contribution in [2.24, 2.45) is 0 Å². The SMILES string of the molecule is O=C(CN1C(=O)N/C(=C\c2cc(Br)ccc2O)C1=O)Nc1ccccc1C(F)(F)F. The van der Waals surface area contributed by atoms with Crippen LogP contribution in [0.5, 0.6) is 5.75 Å².